The van der Waals surface area contributed by atoms with E-state index in [1.807, 2.05) is 73.7 Å². The zero-order valence-electron chi connectivity index (χ0n) is 16.5. The summed E-state index contributed by atoms with van der Waals surface area (Å²) in [5.74, 6) is -0.957. The predicted octanol–water partition coefficient (Wildman–Crippen LogP) is 6.62. The van der Waals surface area contributed by atoms with Crippen LogP contribution >= 0.6 is 15.9 Å². The van der Waals surface area contributed by atoms with Crippen LogP contribution in [0.4, 0.5) is 0 Å². The van der Waals surface area contributed by atoms with Crippen LogP contribution < -0.4 is 0 Å². The van der Waals surface area contributed by atoms with Crippen LogP contribution in [0.15, 0.2) is 83.3 Å². The molecule has 30 heavy (non-hydrogen) atoms. The summed E-state index contributed by atoms with van der Waals surface area (Å²) in [5.41, 5.74) is 5.30. The van der Waals surface area contributed by atoms with Gasteiger partial charge in [-0.25, -0.2) is 9.48 Å². The Kier molecular flexibility index (Phi) is 5.81. The van der Waals surface area contributed by atoms with Crippen molar-refractivity contribution < 1.29 is 9.90 Å². The number of benzene rings is 3. The third kappa shape index (κ3) is 3.94. The first-order valence-corrected chi connectivity index (χ1v) is 10.6. The summed E-state index contributed by atoms with van der Waals surface area (Å²) < 4.78 is 2.68. The van der Waals surface area contributed by atoms with Crippen LogP contribution in [0.3, 0.4) is 0 Å². The summed E-state index contributed by atoms with van der Waals surface area (Å²) in [4.78, 5) is 12.2. The molecule has 5 heteroatoms. The zero-order valence-corrected chi connectivity index (χ0v) is 18.1. The van der Waals surface area contributed by atoms with E-state index in [9.17, 15) is 9.90 Å². The Labute approximate surface area is 183 Å². The Hall–Kier alpha value is -3.18. The van der Waals surface area contributed by atoms with E-state index < -0.39 is 5.97 Å². The lowest BCUT2D eigenvalue weighted by molar-refractivity contribution is 0.0696. The molecule has 0 unspecified atom stereocenters. The zero-order chi connectivity index (χ0) is 21.1. The summed E-state index contributed by atoms with van der Waals surface area (Å²) in [6.45, 7) is 2.04. The monoisotopic (exact) mass is 460 g/mol. The van der Waals surface area contributed by atoms with Gasteiger partial charge in [0, 0.05) is 10.0 Å². The van der Waals surface area contributed by atoms with E-state index in [4.69, 9.17) is 5.10 Å². The van der Waals surface area contributed by atoms with E-state index in [2.05, 4.69) is 28.1 Å². The van der Waals surface area contributed by atoms with Gasteiger partial charge < -0.3 is 5.11 Å². The molecule has 0 aliphatic heterocycles. The second-order valence-electron chi connectivity index (χ2n) is 7.06. The summed E-state index contributed by atoms with van der Waals surface area (Å²) in [5, 5.41) is 14.8. The minimum atomic E-state index is -0.957. The Balaban J connectivity index is 1.85. The number of carbonyl (C=O) groups is 1. The molecule has 4 nitrogen and oxygen atoms in total. The number of carboxylic acid groups (broad SMARTS) is 1. The van der Waals surface area contributed by atoms with Crippen molar-refractivity contribution in [2.45, 2.75) is 19.8 Å². The average Bonchev–Trinajstić information content (AvgIpc) is 3.14. The number of hydrogen-bond donors (Lipinski definition) is 1. The van der Waals surface area contributed by atoms with Crippen molar-refractivity contribution in [1.29, 1.82) is 0 Å². The average molecular weight is 461 g/mol. The first-order valence-electron chi connectivity index (χ1n) is 9.85. The highest BCUT2D eigenvalue weighted by Crippen LogP contribution is 2.31. The summed E-state index contributed by atoms with van der Waals surface area (Å²) in [6, 6.07) is 25.7. The van der Waals surface area contributed by atoms with Gasteiger partial charge >= 0.3 is 5.97 Å². The molecular formula is C25H21BrN2O2. The lowest BCUT2D eigenvalue weighted by Gasteiger charge is -2.07. The summed E-state index contributed by atoms with van der Waals surface area (Å²) in [7, 11) is 0. The van der Waals surface area contributed by atoms with Gasteiger partial charge in [-0.1, -0.05) is 89.9 Å². The smallest absolute Gasteiger partial charge is 0.339 e. The van der Waals surface area contributed by atoms with Gasteiger partial charge in [-0.2, -0.15) is 5.10 Å². The first kappa shape index (κ1) is 20.1. The number of carboxylic acids is 1. The van der Waals surface area contributed by atoms with Crippen LogP contribution in [0.5, 0.6) is 0 Å². The second kappa shape index (κ2) is 8.67. The minimum Gasteiger partial charge on any atom is -0.478 e. The third-order valence-electron chi connectivity index (χ3n) is 5.00. The second-order valence-corrected chi connectivity index (χ2v) is 7.98. The molecule has 4 rings (SSSR count). The van der Waals surface area contributed by atoms with Crippen LogP contribution in [-0.2, 0) is 6.42 Å². The molecule has 0 saturated carbocycles. The van der Waals surface area contributed by atoms with Crippen LogP contribution in [0, 0.1) is 0 Å². The Morgan fingerprint density at radius 1 is 0.933 bits per heavy atom. The van der Waals surface area contributed by atoms with Crippen LogP contribution in [0.25, 0.3) is 28.1 Å². The van der Waals surface area contributed by atoms with E-state index in [1.165, 1.54) is 0 Å². The van der Waals surface area contributed by atoms with Crippen molar-refractivity contribution in [2.75, 3.05) is 0 Å². The molecule has 0 atom stereocenters. The van der Waals surface area contributed by atoms with Crippen molar-refractivity contribution >= 4 is 21.9 Å². The molecule has 0 bridgehead atoms. The fourth-order valence-electron chi connectivity index (χ4n) is 3.62. The fourth-order valence-corrected chi connectivity index (χ4v) is 4.01. The van der Waals surface area contributed by atoms with Crippen molar-refractivity contribution in [2.24, 2.45) is 0 Å². The fraction of sp³-hybridized carbons (Fsp3) is 0.120. The van der Waals surface area contributed by atoms with Crippen LogP contribution in [-0.4, -0.2) is 20.9 Å². The number of hydrogen-bond acceptors (Lipinski definition) is 2. The Bertz CT molecular complexity index is 1180. The molecule has 1 aromatic heterocycles. The number of nitrogens with zero attached hydrogens (tertiary/aromatic N) is 2. The summed E-state index contributed by atoms with van der Waals surface area (Å²) >= 11 is 3.49. The van der Waals surface area contributed by atoms with Gasteiger partial charge in [0.15, 0.2) is 0 Å². The highest BCUT2D eigenvalue weighted by molar-refractivity contribution is 9.10. The molecule has 0 amide bonds. The topological polar surface area (TPSA) is 55.1 Å². The van der Waals surface area contributed by atoms with Crippen molar-refractivity contribution in [3.63, 3.8) is 0 Å². The molecule has 0 aliphatic rings. The minimum absolute atomic E-state index is 0.268. The lowest BCUT2D eigenvalue weighted by Crippen LogP contribution is -2.06. The van der Waals surface area contributed by atoms with E-state index in [0.29, 0.717) is 17.8 Å². The van der Waals surface area contributed by atoms with E-state index in [1.54, 1.807) is 4.68 Å². The Morgan fingerprint density at radius 2 is 1.60 bits per heavy atom. The normalized spacial score (nSPS) is 10.9. The molecule has 3 aromatic carbocycles. The molecule has 0 spiro atoms. The predicted molar refractivity (Wildman–Crippen MR) is 123 cm³/mol. The molecule has 1 heterocycles. The maximum absolute atomic E-state index is 12.2. The number of aromatic carboxylic acids is 1. The van der Waals surface area contributed by atoms with Gasteiger partial charge in [0.1, 0.15) is 11.3 Å². The maximum Gasteiger partial charge on any atom is 0.339 e. The van der Waals surface area contributed by atoms with Gasteiger partial charge in [0.05, 0.1) is 11.4 Å². The van der Waals surface area contributed by atoms with Gasteiger partial charge in [-0.3, -0.25) is 0 Å². The van der Waals surface area contributed by atoms with Crippen molar-refractivity contribution in [3.05, 3.63) is 94.6 Å². The largest absolute Gasteiger partial charge is 0.478 e. The number of rotatable bonds is 6. The highest BCUT2D eigenvalue weighted by Gasteiger charge is 2.24. The molecule has 1 N–H and O–H groups in total. The molecule has 0 radical (unpaired) electrons. The van der Waals surface area contributed by atoms with Gasteiger partial charge in [0.2, 0.25) is 0 Å². The van der Waals surface area contributed by atoms with Crippen LogP contribution in [0.2, 0.25) is 0 Å². The van der Waals surface area contributed by atoms with Gasteiger partial charge in [-0.05, 0) is 35.7 Å². The summed E-state index contributed by atoms with van der Waals surface area (Å²) in [6.07, 6.45) is 1.45. The first-order chi connectivity index (χ1) is 14.6. The van der Waals surface area contributed by atoms with Crippen molar-refractivity contribution in [1.82, 2.24) is 9.78 Å². The highest BCUT2D eigenvalue weighted by atomic mass is 79.9. The molecule has 0 aliphatic carbocycles. The third-order valence-corrected chi connectivity index (χ3v) is 5.49. The van der Waals surface area contributed by atoms with Crippen LogP contribution in [0.1, 0.15) is 29.4 Å². The Morgan fingerprint density at radius 3 is 2.23 bits per heavy atom. The standard InChI is InChI=1S/C25H21BrN2O2/c1-2-7-22-23(25(29)30)24(27-28(22)21-11-6-10-20(26)16-21)19-14-12-18(13-15-19)17-8-4-3-5-9-17/h3-6,8-16H,2,7H2,1H3,(H,29,30). The van der Waals surface area contributed by atoms with Gasteiger partial charge in [0.25, 0.3) is 0 Å². The number of aromatic nitrogens is 2. The molecule has 150 valence electrons. The molecular weight excluding hydrogens is 440 g/mol. The molecule has 0 saturated heterocycles. The molecule has 0 fully saturated rings. The number of halogens is 1. The quantitative estimate of drug-likeness (QED) is 0.351. The van der Waals surface area contributed by atoms with Crippen molar-refractivity contribution in [3.8, 4) is 28.1 Å². The maximum atomic E-state index is 12.2. The van der Waals surface area contributed by atoms with E-state index in [-0.39, 0.29) is 5.56 Å². The SMILES string of the molecule is CCCc1c(C(=O)O)c(-c2ccc(-c3ccccc3)cc2)nn1-c1cccc(Br)c1. The molecule has 4 aromatic rings. The lowest BCUT2D eigenvalue weighted by atomic mass is 10.00. The van der Waals surface area contributed by atoms with E-state index >= 15 is 0 Å². The van der Waals surface area contributed by atoms with E-state index in [0.717, 1.165) is 33.3 Å². The van der Waals surface area contributed by atoms with Gasteiger partial charge in [-0.15, -0.1) is 0 Å².